The van der Waals surface area contributed by atoms with Gasteiger partial charge in [-0.15, -0.1) is 0 Å². The Morgan fingerprint density at radius 3 is 2.67 bits per heavy atom. The minimum absolute atomic E-state index is 0.116. The van der Waals surface area contributed by atoms with E-state index in [9.17, 15) is 13.6 Å². The largest absolute Gasteiger partial charge is 0.377 e. The molecule has 9 heteroatoms. The third-order valence-corrected chi connectivity index (χ3v) is 5.09. The number of hydrogen-bond donors (Lipinski definition) is 3. The molecule has 2 aromatic carbocycles. The van der Waals surface area contributed by atoms with Gasteiger partial charge in [0.2, 0.25) is 5.91 Å². The number of halogens is 2. The van der Waals surface area contributed by atoms with E-state index in [1.165, 1.54) is 6.20 Å². The number of aryl methyl sites for hydroxylation is 1. The monoisotopic (exact) mass is 431 g/mol. The number of benzene rings is 2. The van der Waals surface area contributed by atoms with Gasteiger partial charge in [0, 0.05) is 5.69 Å². The number of anilines is 2. The molecule has 4 N–H and O–H groups in total. The second kappa shape index (κ2) is 10.2. The van der Waals surface area contributed by atoms with Gasteiger partial charge in [-0.05, 0) is 47.7 Å². The average molecular weight is 432 g/mol. The molecule has 0 saturated heterocycles. The lowest BCUT2D eigenvalue weighted by Gasteiger charge is -2.12. The van der Waals surface area contributed by atoms with Crippen LogP contribution in [0.15, 0.2) is 59.8 Å². The van der Waals surface area contributed by atoms with Crippen LogP contribution in [0.4, 0.5) is 20.2 Å². The Kier molecular flexibility index (Phi) is 7.42. The Bertz CT molecular complexity index is 1010. The van der Waals surface area contributed by atoms with E-state index in [-0.39, 0.29) is 12.3 Å². The highest BCUT2D eigenvalue weighted by molar-refractivity contribution is 7.97. The Labute approximate surface area is 178 Å². The first-order chi connectivity index (χ1) is 14.5. The van der Waals surface area contributed by atoms with Crippen molar-refractivity contribution < 1.29 is 13.6 Å². The Morgan fingerprint density at radius 1 is 1.20 bits per heavy atom. The molecule has 0 aliphatic carbocycles. The smallest absolute Gasteiger partial charge is 0.255 e. The van der Waals surface area contributed by atoms with Gasteiger partial charge in [-0.1, -0.05) is 31.2 Å². The van der Waals surface area contributed by atoms with Crippen molar-refractivity contribution in [2.24, 2.45) is 5.14 Å². The minimum atomic E-state index is -2.45. The van der Waals surface area contributed by atoms with Crippen LogP contribution in [0.2, 0.25) is 0 Å². The molecule has 6 nitrogen and oxygen atoms in total. The molecule has 30 heavy (non-hydrogen) atoms. The number of aromatic nitrogens is 2. The molecule has 158 valence electrons. The molecule has 0 radical (unpaired) electrons. The van der Waals surface area contributed by atoms with Crippen LogP contribution in [-0.4, -0.2) is 28.7 Å². The Balaban J connectivity index is 1.72. The second-order valence-electron chi connectivity index (χ2n) is 6.59. The summed E-state index contributed by atoms with van der Waals surface area (Å²) in [5.74, 6) is -0.116. The van der Waals surface area contributed by atoms with Crippen molar-refractivity contribution in [3.63, 3.8) is 0 Å². The molecular weight excluding hydrogens is 408 g/mol. The zero-order valence-corrected chi connectivity index (χ0v) is 17.3. The summed E-state index contributed by atoms with van der Waals surface area (Å²) in [5.41, 5.74) is 3.94. The van der Waals surface area contributed by atoms with E-state index in [4.69, 9.17) is 5.14 Å². The first-order valence-corrected chi connectivity index (χ1v) is 10.3. The van der Waals surface area contributed by atoms with Gasteiger partial charge in [-0.3, -0.25) is 9.93 Å². The normalized spacial score (nSPS) is 11.0. The van der Waals surface area contributed by atoms with Crippen molar-refractivity contribution in [2.45, 2.75) is 31.1 Å². The molecule has 3 rings (SSSR count). The maximum absolute atomic E-state index is 12.5. The van der Waals surface area contributed by atoms with Gasteiger partial charge in [0.15, 0.2) is 0 Å². The Hall–Kier alpha value is -2.91. The van der Waals surface area contributed by atoms with E-state index in [0.29, 0.717) is 22.0 Å². The van der Waals surface area contributed by atoms with E-state index in [1.54, 1.807) is 29.1 Å². The summed E-state index contributed by atoms with van der Waals surface area (Å²) in [6.07, 6.45) is 1.78. The number of nitrogens with zero attached hydrogens (tertiary/aromatic N) is 2. The van der Waals surface area contributed by atoms with Gasteiger partial charge in [0.1, 0.15) is 0 Å². The van der Waals surface area contributed by atoms with Crippen molar-refractivity contribution in [1.29, 1.82) is 0 Å². The fourth-order valence-electron chi connectivity index (χ4n) is 3.07. The number of carbonyl (C=O) groups is 1. The molecule has 0 fully saturated rings. The van der Waals surface area contributed by atoms with Crippen LogP contribution >= 0.6 is 11.9 Å². The van der Waals surface area contributed by atoms with Gasteiger partial charge in [-0.2, -0.15) is 5.10 Å². The molecule has 0 unspecified atom stereocenters. The average Bonchev–Trinajstić information content (AvgIpc) is 3.21. The van der Waals surface area contributed by atoms with Crippen LogP contribution in [-0.2, 0) is 17.6 Å². The number of rotatable bonds is 9. The molecule has 1 heterocycles. The highest BCUT2D eigenvalue weighted by atomic mass is 32.2. The van der Waals surface area contributed by atoms with Gasteiger partial charge in [0.25, 0.3) is 6.43 Å². The molecule has 1 amide bonds. The fraction of sp³-hybridized carbons (Fsp3) is 0.238. The van der Waals surface area contributed by atoms with E-state index in [0.717, 1.165) is 29.5 Å². The molecular formula is C21H23F2N5OS. The van der Waals surface area contributed by atoms with E-state index >= 15 is 0 Å². The Morgan fingerprint density at radius 2 is 1.97 bits per heavy atom. The number of amides is 1. The first-order valence-electron chi connectivity index (χ1n) is 9.44. The summed E-state index contributed by atoms with van der Waals surface area (Å²) in [6.45, 7) is 1.61. The van der Waals surface area contributed by atoms with E-state index < -0.39 is 13.0 Å². The number of nitrogens with one attached hydrogen (secondary N) is 2. The van der Waals surface area contributed by atoms with Crippen molar-refractivity contribution in [3.8, 4) is 5.69 Å². The zero-order valence-electron chi connectivity index (χ0n) is 16.4. The predicted octanol–water partition coefficient (Wildman–Crippen LogP) is 4.26. The number of carbonyl (C=O) groups excluding carboxylic acids is 1. The lowest BCUT2D eigenvalue weighted by molar-refractivity contribution is -0.115. The molecule has 0 aliphatic heterocycles. The predicted molar refractivity (Wildman–Crippen MR) is 116 cm³/mol. The van der Waals surface area contributed by atoms with Crippen molar-refractivity contribution in [2.75, 3.05) is 17.2 Å². The molecule has 0 atom stereocenters. The van der Waals surface area contributed by atoms with Crippen LogP contribution in [0.1, 0.15) is 18.1 Å². The summed E-state index contributed by atoms with van der Waals surface area (Å²) in [6, 6.07) is 13.2. The summed E-state index contributed by atoms with van der Waals surface area (Å²) >= 11 is 1.02. The van der Waals surface area contributed by atoms with Crippen molar-refractivity contribution >= 4 is 29.2 Å². The lowest BCUT2D eigenvalue weighted by atomic mass is 10.0. The highest BCUT2D eigenvalue weighted by Gasteiger charge is 2.12. The summed E-state index contributed by atoms with van der Waals surface area (Å²) in [7, 11) is 0. The van der Waals surface area contributed by atoms with Gasteiger partial charge < -0.3 is 10.6 Å². The van der Waals surface area contributed by atoms with Crippen molar-refractivity contribution in [3.05, 3.63) is 66.0 Å². The molecule has 0 bridgehead atoms. The second-order valence-corrected chi connectivity index (χ2v) is 7.27. The summed E-state index contributed by atoms with van der Waals surface area (Å²) < 4.78 is 26.3. The zero-order chi connectivity index (χ0) is 21.5. The van der Waals surface area contributed by atoms with Crippen LogP contribution in [0.3, 0.4) is 0 Å². The number of hydrogen-bond acceptors (Lipinski definition) is 5. The maximum Gasteiger partial charge on any atom is 0.255 e. The lowest BCUT2D eigenvalue weighted by Crippen LogP contribution is -2.15. The fourth-order valence-corrected chi connectivity index (χ4v) is 3.55. The highest BCUT2D eigenvalue weighted by Crippen LogP contribution is 2.27. The first kappa shape index (κ1) is 21.8. The third kappa shape index (κ3) is 5.58. The molecule has 0 spiro atoms. The van der Waals surface area contributed by atoms with Crippen LogP contribution < -0.4 is 15.8 Å². The molecule has 1 aromatic heterocycles. The van der Waals surface area contributed by atoms with Gasteiger partial charge in [-0.25, -0.2) is 13.5 Å². The topological polar surface area (TPSA) is 85.0 Å². The van der Waals surface area contributed by atoms with Crippen LogP contribution in [0.5, 0.6) is 0 Å². The standard InChI is InChI=1S/C21H23F2N5OS/c1-2-14-5-3-4-6-15(14)9-21(29)27-16-7-8-18(19(10-16)30-24)28-13-17(11-26-28)25-12-20(22)23/h3-8,10-11,13,20,25H,2,9,12,24H2,1H3,(H,27,29). The van der Waals surface area contributed by atoms with E-state index in [2.05, 4.69) is 22.7 Å². The SMILES string of the molecule is CCc1ccccc1CC(=O)Nc1ccc(-n2cc(NCC(F)F)cn2)c(SN)c1. The van der Waals surface area contributed by atoms with Gasteiger partial charge >= 0.3 is 0 Å². The van der Waals surface area contributed by atoms with Crippen LogP contribution in [0, 0.1) is 0 Å². The number of nitrogens with two attached hydrogens (primary N) is 1. The van der Waals surface area contributed by atoms with Gasteiger partial charge in [0.05, 0.1) is 41.6 Å². The molecule has 3 aromatic rings. The maximum atomic E-state index is 12.5. The molecule has 0 aliphatic rings. The van der Waals surface area contributed by atoms with Crippen molar-refractivity contribution in [1.82, 2.24) is 9.78 Å². The molecule has 0 saturated carbocycles. The van der Waals surface area contributed by atoms with E-state index in [1.807, 2.05) is 24.3 Å². The summed E-state index contributed by atoms with van der Waals surface area (Å²) in [5, 5.41) is 15.5. The summed E-state index contributed by atoms with van der Waals surface area (Å²) in [4.78, 5) is 13.2. The quantitative estimate of drug-likeness (QED) is 0.441. The minimum Gasteiger partial charge on any atom is -0.377 e. The number of alkyl halides is 2. The third-order valence-electron chi connectivity index (χ3n) is 4.51. The van der Waals surface area contributed by atoms with Crippen LogP contribution in [0.25, 0.3) is 5.69 Å².